The Hall–Kier alpha value is -2.24. The van der Waals surface area contributed by atoms with Crippen LogP contribution in [-0.4, -0.2) is 11.5 Å². The van der Waals surface area contributed by atoms with Gasteiger partial charge in [0.1, 0.15) is 18.2 Å². The minimum absolute atomic E-state index is 0.0171. The van der Waals surface area contributed by atoms with Gasteiger partial charge in [-0.15, -0.1) is 0 Å². The quantitative estimate of drug-likeness (QED) is 0.901. The molecule has 0 spiro atoms. The zero-order valence-corrected chi connectivity index (χ0v) is 11.4. The number of aromatic nitrogens is 1. The lowest BCUT2D eigenvalue weighted by Gasteiger charge is -2.15. The van der Waals surface area contributed by atoms with Crippen molar-refractivity contribution in [3.63, 3.8) is 0 Å². The number of nitrogens with one attached hydrogen (secondary N) is 1. The molecule has 0 aliphatic heterocycles. The fraction of sp³-hybridized carbons (Fsp3) is 0.267. The summed E-state index contributed by atoms with van der Waals surface area (Å²) in [6.07, 6.45) is -2.82. The number of alkyl halides is 3. The normalized spacial score (nSPS) is 11.2. The van der Waals surface area contributed by atoms with Crippen molar-refractivity contribution < 1.29 is 17.9 Å². The molecule has 0 fully saturated rings. The number of halogens is 3. The molecule has 3 nitrogen and oxygen atoms in total. The van der Waals surface area contributed by atoms with Gasteiger partial charge in [-0.05, 0) is 25.1 Å². The van der Waals surface area contributed by atoms with Crippen molar-refractivity contribution in [2.45, 2.75) is 19.7 Å². The van der Waals surface area contributed by atoms with Gasteiger partial charge < -0.3 is 10.1 Å². The zero-order valence-electron chi connectivity index (χ0n) is 11.4. The van der Waals surface area contributed by atoms with E-state index in [4.69, 9.17) is 4.74 Å². The average Bonchev–Trinajstić information content (AvgIpc) is 2.46. The maximum absolute atomic E-state index is 12.9. The molecular formula is C15H15F3N2O. The summed E-state index contributed by atoms with van der Waals surface area (Å²) < 4.78 is 43.9. The van der Waals surface area contributed by atoms with Gasteiger partial charge in [0.05, 0.1) is 5.56 Å². The standard InChI is InChI=1S/C15H15F3N2O/c1-2-19-14-11(6-5-9-20-14)10-21-13-8-4-3-7-12(13)15(16,17)18/h3-9H,2,10H2,1H3,(H,19,20). The highest BCUT2D eigenvalue weighted by Gasteiger charge is 2.34. The lowest BCUT2D eigenvalue weighted by Crippen LogP contribution is -2.10. The maximum atomic E-state index is 12.9. The molecule has 1 aromatic heterocycles. The van der Waals surface area contributed by atoms with Gasteiger partial charge in [-0.25, -0.2) is 4.98 Å². The van der Waals surface area contributed by atoms with Crippen LogP contribution < -0.4 is 10.1 Å². The van der Waals surface area contributed by atoms with Crippen LogP contribution in [0.5, 0.6) is 5.75 Å². The zero-order chi connectivity index (χ0) is 15.3. The van der Waals surface area contributed by atoms with Crippen LogP contribution in [0.15, 0.2) is 42.6 Å². The first kappa shape index (κ1) is 15.2. The van der Waals surface area contributed by atoms with Crippen molar-refractivity contribution >= 4 is 5.82 Å². The van der Waals surface area contributed by atoms with Crippen molar-refractivity contribution in [3.05, 3.63) is 53.7 Å². The number of anilines is 1. The third kappa shape index (κ3) is 3.87. The monoisotopic (exact) mass is 296 g/mol. The Kier molecular flexibility index (Phi) is 4.67. The smallest absolute Gasteiger partial charge is 0.419 e. The molecule has 0 unspecified atom stereocenters. The first-order chi connectivity index (χ1) is 10.0. The van der Waals surface area contributed by atoms with E-state index in [1.807, 2.05) is 6.92 Å². The second-order valence-electron chi connectivity index (χ2n) is 4.32. The maximum Gasteiger partial charge on any atom is 0.419 e. The van der Waals surface area contributed by atoms with Gasteiger partial charge in [0.25, 0.3) is 0 Å². The summed E-state index contributed by atoms with van der Waals surface area (Å²) in [5.41, 5.74) is -0.0739. The average molecular weight is 296 g/mol. The predicted molar refractivity (Wildman–Crippen MR) is 74.2 cm³/mol. The van der Waals surface area contributed by atoms with Crippen LogP contribution in [0.1, 0.15) is 18.1 Å². The Morgan fingerprint density at radius 3 is 2.62 bits per heavy atom. The molecule has 0 saturated heterocycles. The van der Waals surface area contributed by atoms with Crippen molar-refractivity contribution in [3.8, 4) is 5.75 Å². The van der Waals surface area contributed by atoms with Crippen LogP contribution in [-0.2, 0) is 12.8 Å². The summed E-state index contributed by atoms with van der Waals surface area (Å²) in [4.78, 5) is 4.14. The van der Waals surface area contributed by atoms with E-state index in [0.29, 0.717) is 17.9 Å². The first-order valence-electron chi connectivity index (χ1n) is 6.49. The van der Waals surface area contributed by atoms with Gasteiger partial charge in [0.2, 0.25) is 0 Å². The van der Waals surface area contributed by atoms with E-state index in [1.165, 1.54) is 18.2 Å². The molecule has 0 radical (unpaired) electrons. The fourth-order valence-corrected chi connectivity index (χ4v) is 1.86. The lowest BCUT2D eigenvalue weighted by molar-refractivity contribution is -0.139. The van der Waals surface area contributed by atoms with Crippen LogP contribution in [0.2, 0.25) is 0 Å². The highest BCUT2D eigenvalue weighted by molar-refractivity contribution is 5.44. The van der Waals surface area contributed by atoms with Crippen molar-refractivity contribution in [2.24, 2.45) is 0 Å². The summed E-state index contributed by atoms with van der Waals surface area (Å²) in [5, 5.41) is 3.04. The molecule has 6 heteroatoms. The molecule has 0 aliphatic carbocycles. The number of rotatable bonds is 5. The minimum atomic E-state index is -4.43. The van der Waals surface area contributed by atoms with Crippen molar-refractivity contribution in [2.75, 3.05) is 11.9 Å². The van der Waals surface area contributed by atoms with Gasteiger partial charge in [-0.2, -0.15) is 13.2 Å². The Morgan fingerprint density at radius 2 is 1.90 bits per heavy atom. The number of para-hydroxylation sites is 1. The van der Waals surface area contributed by atoms with Crippen molar-refractivity contribution in [1.82, 2.24) is 4.98 Å². The first-order valence-corrected chi connectivity index (χ1v) is 6.49. The molecule has 21 heavy (non-hydrogen) atoms. The van der Waals surface area contributed by atoms with Crippen LogP contribution in [0, 0.1) is 0 Å². The topological polar surface area (TPSA) is 34.2 Å². The van der Waals surface area contributed by atoms with Gasteiger partial charge in [0, 0.05) is 18.3 Å². The lowest BCUT2D eigenvalue weighted by atomic mass is 10.2. The Balaban J connectivity index is 2.18. The van der Waals surface area contributed by atoms with Gasteiger partial charge in [0.15, 0.2) is 0 Å². The van der Waals surface area contributed by atoms with E-state index in [1.54, 1.807) is 18.3 Å². The highest BCUT2D eigenvalue weighted by atomic mass is 19.4. The number of pyridine rings is 1. The van der Waals surface area contributed by atoms with E-state index in [9.17, 15) is 13.2 Å². The van der Waals surface area contributed by atoms with E-state index < -0.39 is 11.7 Å². The molecule has 1 aromatic carbocycles. The molecular weight excluding hydrogens is 281 g/mol. The second-order valence-corrected chi connectivity index (χ2v) is 4.32. The number of hydrogen-bond acceptors (Lipinski definition) is 3. The highest BCUT2D eigenvalue weighted by Crippen LogP contribution is 2.36. The summed E-state index contributed by atoms with van der Waals surface area (Å²) in [7, 11) is 0. The predicted octanol–water partition coefficient (Wildman–Crippen LogP) is 4.11. The molecule has 0 bridgehead atoms. The summed E-state index contributed by atoms with van der Waals surface area (Å²) in [6.45, 7) is 2.60. The van der Waals surface area contributed by atoms with E-state index in [0.717, 1.165) is 6.07 Å². The fourth-order valence-electron chi connectivity index (χ4n) is 1.86. The molecule has 1 N–H and O–H groups in total. The number of hydrogen-bond donors (Lipinski definition) is 1. The van der Waals surface area contributed by atoms with Crippen LogP contribution in [0.25, 0.3) is 0 Å². The molecule has 0 amide bonds. The molecule has 2 aromatic rings. The molecule has 0 saturated carbocycles. The number of ether oxygens (including phenoxy) is 1. The van der Waals surface area contributed by atoms with Crippen LogP contribution in [0.3, 0.4) is 0 Å². The number of nitrogens with zero attached hydrogens (tertiary/aromatic N) is 1. The Labute approximate surface area is 120 Å². The van der Waals surface area contributed by atoms with Gasteiger partial charge in [-0.1, -0.05) is 18.2 Å². The Morgan fingerprint density at radius 1 is 1.14 bits per heavy atom. The Bertz CT molecular complexity index is 599. The number of benzene rings is 1. The third-order valence-electron chi connectivity index (χ3n) is 2.81. The van der Waals surface area contributed by atoms with Gasteiger partial charge >= 0.3 is 6.18 Å². The van der Waals surface area contributed by atoms with Gasteiger partial charge in [-0.3, -0.25) is 0 Å². The SMILES string of the molecule is CCNc1ncccc1COc1ccccc1C(F)(F)F. The van der Waals surface area contributed by atoms with Crippen LogP contribution in [0.4, 0.5) is 19.0 Å². The van der Waals surface area contributed by atoms with E-state index >= 15 is 0 Å². The summed E-state index contributed by atoms with van der Waals surface area (Å²) >= 11 is 0. The van der Waals surface area contributed by atoms with Crippen LogP contribution >= 0.6 is 0 Å². The minimum Gasteiger partial charge on any atom is -0.488 e. The molecule has 112 valence electrons. The molecule has 0 aliphatic rings. The molecule has 2 rings (SSSR count). The van der Waals surface area contributed by atoms with E-state index in [2.05, 4.69) is 10.3 Å². The third-order valence-corrected chi connectivity index (χ3v) is 2.81. The van der Waals surface area contributed by atoms with E-state index in [-0.39, 0.29) is 12.4 Å². The summed E-state index contributed by atoms with van der Waals surface area (Å²) in [6, 6.07) is 8.65. The summed E-state index contributed by atoms with van der Waals surface area (Å²) in [5.74, 6) is 0.431. The molecule has 0 atom stereocenters. The largest absolute Gasteiger partial charge is 0.488 e. The van der Waals surface area contributed by atoms with Crippen molar-refractivity contribution in [1.29, 1.82) is 0 Å². The second kappa shape index (κ2) is 6.47. The molecule has 1 heterocycles.